The Kier molecular flexibility index (Phi) is 3.84. The van der Waals surface area contributed by atoms with Crippen LogP contribution in [0.3, 0.4) is 0 Å². The number of fused-ring (bicyclic) bond motifs is 1. The Bertz CT molecular complexity index is 798. The lowest BCUT2D eigenvalue weighted by atomic mass is 10.1. The maximum atomic E-state index is 12.6. The third kappa shape index (κ3) is 2.56. The molecule has 0 atom stereocenters. The molecule has 0 radical (unpaired) electrons. The first-order valence-corrected chi connectivity index (χ1v) is 6.73. The first-order chi connectivity index (χ1) is 10.7. The molecule has 5 nitrogen and oxygen atoms in total. The van der Waals surface area contributed by atoms with Crippen molar-refractivity contribution in [2.24, 2.45) is 0 Å². The minimum absolute atomic E-state index is 0.183. The van der Waals surface area contributed by atoms with Gasteiger partial charge in [0.05, 0.1) is 5.69 Å². The van der Waals surface area contributed by atoms with Gasteiger partial charge in [0.15, 0.2) is 0 Å². The van der Waals surface area contributed by atoms with Gasteiger partial charge in [-0.2, -0.15) is 5.01 Å². The van der Waals surface area contributed by atoms with E-state index in [1.165, 1.54) is 0 Å². The number of carbonyl (C=O) groups excluding carboxylic acids is 1. The minimum Gasteiger partial charge on any atom is -0.271 e. The maximum absolute atomic E-state index is 12.6. The SMILES string of the molecule is O=C(c1ccccc1)N(c1cccc2ccccc12)N(O)O. The molecule has 0 saturated carbocycles. The molecule has 0 saturated heterocycles. The van der Waals surface area contributed by atoms with Gasteiger partial charge in [-0.25, -0.2) is 0 Å². The molecule has 22 heavy (non-hydrogen) atoms. The van der Waals surface area contributed by atoms with E-state index in [4.69, 9.17) is 0 Å². The molecule has 0 aliphatic carbocycles. The van der Waals surface area contributed by atoms with Crippen LogP contribution in [0.4, 0.5) is 5.69 Å². The second-order valence-corrected chi connectivity index (χ2v) is 4.75. The van der Waals surface area contributed by atoms with Crippen molar-refractivity contribution in [2.45, 2.75) is 0 Å². The Morgan fingerprint density at radius 2 is 1.41 bits per heavy atom. The number of hydrogen-bond donors (Lipinski definition) is 2. The Morgan fingerprint density at radius 3 is 2.14 bits per heavy atom. The second kappa shape index (κ2) is 5.95. The first-order valence-electron chi connectivity index (χ1n) is 6.73. The summed E-state index contributed by atoms with van der Waals surface area (Å²) < 4.78 is 0. The van der Waals surface area contributed by atoms with E-state index < -0.39 is 5.91 Å². The van der Waals surface area contributed by atoms with E-state index in [1.807, 2.05) is 30.3 Å². The highest BCUT2D eigenvalue weighted by Gasteiger charge is 2.24. The average Bonchev–Trinajstić information content (AvgIpc) is 2.56. The zero-order valence-corrected chi connectivity index (χ0v) is 11.6. The van der Waals surface area contributed by atoms with Crippen LogP contribution in [-0.4, -0.2) is 21.7 Å². The monoisotopic (exact) mass is 294 g/mol. The summed E-state index contributed by atoms with van der Waals surface area (Å²) >= 11 is 0. The molecule has 3 aromatic rings. The molecule has 0 bridgehead atoms. The van der Waals surface area contributed by atoms with Crippen molar-refractivity contribution in [3.8, 4) is 0 Å². The van der Waals surface area contributed by atoms with Crippen molar-refractivity contribution in [3.63, 3.8) is 0 Å². The number of anilines is 1. The normalized spacial score (nSPS) is 10.9. The Labute approximate surface area is 127 Å². The van der Waals surface area contributed by atoms with E-state index in [9.17, 15) is 15.2 Å². The number of benzene rings is 3. The Hall–Kier alpha value is -2.73. The van der Waals surface area contributed by atoms with Gasteiger partial charge in [0.1, 0.15) is 0 Å². The van der Waals surface area contributed by atoms with Gasteiger partial charge in [0, 0.05) is 16.3 Å². The molecule has 5 heteroatoms. The van der Waals surface area contributed by atoms with Crippen LogP contribution in [0.2, 0.25) is 0 Å². The summed E-state index contributed by atoms with van der Waals surface area (Å²) in [5, 5.41) is 21.4. The van der Waals surface area contributed by atoms with Crippen molar-refractivity contribution >= 4 is 22.4 Å². The molecule has 0 aliphatic rings. The standard InChI is InChI=1S/C17H14N2O3/c20-17(14-8-2-1-3-9-14)18(19(21)22)16-12-6-10-13-7-4-5-11-15(13)16/h1-12,21-22H. The smallest absolute Gasteiger partial charge is 0.271 e. The Morgan fingerprint density at radius 1 is 0.773 bits per heavy atom. The summed E-state index contributed by atoms with van der Waals surface area (Å²) in [5.41, 5.74) is 0.737. The van der Waals surface area contributed by atoms with Crippen LogP contribution < -0.4 is 5.01 Å². The first kappa shape index (κ1) is 14.2. The Balaban J connectivity index is 2.13. The van der Waals surface area contributed by atoms with Crippen LogP contribution in [0, 0.1) is 0 Å². The van der Waals surface area contributed by atoms with Gasteiger partial charge < -0.3 is 0 Å². The molecule has 0 unspecified atom stereocenters. The van der Waals surface area contributed by atoms with Crippen LogP contribution in [0.1, 0.15) is 10.4 Å². The van der Waals surface area contributed by atoms with E-state index in [0.717, 1.165) is 15.8 Å². The summed E-state index contributed by atoms with van der Waals surface area (Å²) in [6.07, 6.45) is 0. The summed E-state index contributed by atoms with van der Waals surface area (Å²) in [4.78, 5) is 12.6. The van der Waals surface area contributed by atoms with Gasteiger partial charge in [-0.1, -0.05) is 54.6 Å². The molecule has 1 amide bonds. The average molecular weight is 294 g/mol. The molecule has 3 rings (SSSR count). The van der Waals surface area contributed by atoms with Crippen LogP contribution in [0.15, 0.2) is 72.8 Å². The predicted molar refractivity (Wildman–Crippen MR) is 82.6 cm³/mol. The van der Waals surface area contributed by atoms with E-state index in [-0.39, 0.29) is 5.34 Å². The highest BCUT2D eigenvalue weighted by atomic mass is 16.8. The molecule has 2 N–H and O–H groups in total. The van der Waals surface area contributed by atoms with Crippen LogP contribution in [-0.2, 0) is 0 Å². The van der Waals surface area contributed by atoms with Crippen LogP contribution >= 0.6 is 0 Å². The zero-order chi connectivity index (χ0) is 15.5. The van der Waals surface area contributed by atoms with E-state index >= 15 is 0 Å². The molecule has 0 heterocycles. The van der Waals surface area contributed by atoms with Crippen molar-refractivity contribution in [1.29, 1.82) is 0 Å². The maximum Gasteiger partial charge on any atom is 0.276 e. The van der Waals surface area contributed by atoms with Gasteiger partial charge >= 0.3 is 0 Å². The summed E-state index contributed by atoms with van der Waals surface area (Å²) in [6, 6.07) is 21.2. The second-order valence-electron chi connectivity index (χ2n) is 4.75. The minimum atomic E-state index is -0.540. The van der Waals surface area contributed by atoms with E-state index in [1.54, 1.807) is 42.5 Å². The molecule has 0 fully saturated rings. The van der Waals surface area contributed by atoms with Crippen molar-refractivity contribution in [2.75, 3.05) is 5.01 Å². The lowest BCUT2D eigenvalue weighted by Gasteiger charge is -2.26. The fraction of sp³-hybridized carbons (Fsp3) is 0. The van der Waals surface area contributed by atoms with Crippen LogP contribution in [0.25, 0.3) is 10.8 Å². The molecule has 0 spiro atoms. The fourth-order valence-corrected chi connectivity index (χ4v) is 2.38. The number of hydrazine groups is 1. The van der Waals surface area contributed by atoms with Gasteiger partial charge in [0.25, 0.3) is 5.91 Å². The molecule has 3 aromatic carbocycles. The van der Waals surface area contributed by atoms with E-state index in [2.05, 4.69) is 0 Å². The molecule has 0 aliphatic heterocycles. The number of rotatable bonds is 3. The summed E-state index contributed by atoms with van der Waals surface area (Å²) in [6.45, 7) is 0. The quantitative estimate of drug-likeness (QED) is 0.726. The summed E-state index contributed by atoms with van der Waals surface area (Å²) in [5.74, 6) is -0.540. The number of hydrogen-bond acceptors (Lipinski definition) is 4. The highest BCUT2D eigenvalue weighted by Crippen LogP contribution is 2.28. The predicted octanol–water partition coefficient (Wildman–Crippen LogP) is 3.48. The molecular weight excluding hydrogens is 280 g/mol. The molecular formula is C17H14N2O3. The molecule has 110 valence electrons. The number of nitrogens with zero attached hydrogens (tertiary/aromatic N) is 2. The highest BCUT2D eigenvalue weighted by molar-refractivity contribution is 6.09. The third-order valence-electron chi connectivity index (χ3n) is 3.39. The summed E-state index contributed by atoms with van der Waals surface area (Å²) in [7, 11) is 0. The van der Waals surface area contributed by atoms with Crippen molar-refractivity contribution in [3.05, 3.63) is 78.4 Å². The van der Waals surface area contributed by atoms with Gasteiger partial charge in [0.2, 0.25) is 0 Å². The van der Waals surface area contributed by atoms with E-state index in [0.29, 0.717) is 11.3 Å². The largest absolute Gasteiger partial charge is 0.276 e. The van der Waals surface area contributed by atoms with Crippen molar-refractivity contribution in [1.82, 2.24) is 5.34 Å². The number of amides is 1. The lowest BCUT2D eigenvalue weighted by Crippen LogP contribution is -2.43. The fourth-order valence-electron chi connectivity index (χ4n) is 2.38. The lowest BCUT2D eigenvalue weighted by molar-refractivity contribution is -0.307. The molecule has 0 aromatic heterocycles. The zero-order valence-electron chi connectivity index (χ0n) is 11.6. The van der Waals surface area contributed by atoms with Crippen LogP contribution in [0.5, 0.6) is 0 Å². The number of carbonyl (C=O) groups is 1. The van der Waals surface area contributed by atoms with Crippen molar-refractivity contribution < 1.29 is 15.2 Å². The van der Waals surface area contributed by atoms with Gasteiger partial charge in [-0.3, -0.25) is 15.2 Å². The third-order valence-corrected chi connectivity index (χ3v) is 3.39. The topological polar surface area (TPSA) is 64.0 Å². The van der Waals surface area contributed by atoms with Gasteiger partial charge in [-0.05, 0) is 23.6 Å². The van der Waals surface area contributed by atoms with Gasteiger partial charge in [-0.15, -0.1) is 0 Å².